The third kappa shape index (κ3) is 6.70. The summed E-state index contributed by atoms with van der Waals surface area (Å²) >= 11 is 0. The van der Waals surface area contributed by atoms with Crippen LogP contribution in [-0.4, -0.2) is 58.8 Å². The van der Waals surface area contributed by atoms with E-state index in [2.05, 4.69) is 28.9 Å². The van der Waals surface area contributed by atoms with E-state index in [1.165, 1.54) is 0 Å². The van der Waals surface area contributed by atoms with Crippen LogP contribution in [0.25, 0.3) is 0 Å². The minimum atomic E-state index is -3.12. The van der Waals surface area contributed by atoms with Crippen LogP contribution in [0.3, 0.4) is 0 Å². The van der Waals surface area contributed by atoms with Crippen molar-refractivity contribution in [2.45, 2.75) is 33.1 Å². The lowest BCUT2D eigenvalue weighted by atomic mass is 9.81. The Bertz CT molecular complexity index is 349. The number of sulfonamides is 1. The van der Waals surface area contributed by atoms with Gasteiger partial charge in [0.15, 0.2) is 0 Å². The van der Waals surface area contributed by atoms with Gasteiger partial charge in [-0.3, -0.25) is 0 Å². The minimum Gasteiger partial charge on any atom is -0.317 e. The molecule has 1 aliphatic heterocycles. The summed E-state index contributed by atoms with van der Waals surface area (Å²) in [6, 6.07) is 0. The summed E-state index contributed by atoms with van der Waals surface area (Å²) in [5.74, 6) is 0.218. The third-order valence-electron chi connectivity index (χ3n) is 3.93. The van der Waals surface area contributed by atoms with Crippen LogP contribution in [0.4, 0.5) is 0 Å². The van der Waals surface area contributed by atoms with E-state index in [4.69, 9.17) is 0 Å². The Morgan fingerprint density at radius 2 is 1.89 bits per heavy atom. The van der Waals surface area contributed by atoms with Crippen LogP contribution in [-0.2, 0) is 10.0 Å². The van der Waals surface area contributed by atoms with Crippen LogP contribution >= 0.6 is 0 Å². The summed E-state index contributed by atoms with van der Waals surface area (Å²) in [7, 11) is -1.00. The number of rotatable bonds is 8. The van der Waals surface area contributed by atoms with E-state index in [-0.39, 0.29) is 11.2 Å². The molecule has 1 heterocycles. The fraction of sp³-hybridized carbons (Fsp3) is 1.00. The molecule has 1 aliphatic rings. The highest BCUT2D eigenvalue weighted by Crippen LogP contribution is 2.29. The van der Waals surface area contributed by atoms with Crippen molar-refractivity contribution >= 4 is 10.0 Å². The normalized spacial score (nSPS) is 20.6. The molecule has 0 saturated carbocycles. The van der Waals surface area contributed by atoms with Gasteiger partial charge in [-0.05, 0) is 57.9 Å². The molecule has 114 valence electrons. The predicted octanol–water partition coefficient (Wildman–Crippen LogP) is 0.637. The van der Waals surface area contributed by atoms with Gasteiger partial charge in [0.25, 0.3) is 0 Å². The molecule has 0 radical (unpaired) electrons. The lowest BCUT2D eigenvalue weighted by Crippen LogP contribution is -2.44. The van der Waals surface area contributed by atoms with Gasteiger partial charge < -0.3 is 10.2 Å². The molecule has 0 aromatic rings. The highest BCUT2D eigenvalue weighted by Gasteiger charge is 2.29. The highest BCUT2D eigenvalue weighted by molar-refractivity contribution is 7.89. The summed E-state index contributed by atoms with van der Waals surface area (Å²) < 4.78 is 26.6. The van der Waals surface area contributed by atoms with Gasteiger partial charge in [0.05, 0.1) is 5.75 Å². The van der Waals surface area contributed by atoms with E-state index in [1.54, 1.807) is 0 Å². The van der Waals surface area contributed by atoms with Crippen molar-refractivity contribution in [2.24, 2.45) is 5.41 Å². The molecule has 1 rings (SSSR count). The SMILES string of the molecule is CCNCCCS(=O)(=O)NCC1(C)CCN(C)CC1. The maximum atomic E-state index is 11.9. The maximum Gasteiger partial charge on any atom is 0.211 e. The van der Waals surface area contributed by atoms with Gasteiger partial charge in [-0.15, -0.1) is 0 Å². The predicted molar refractivity (Wildman–Crippen MR) is 79.8 cm³/mol. The third-order valence-corrected chi connectivity index (χ3v) is 5.34. The molecule has 0 bridgehead atoms. The number of hydrogen-bond donors (Lipinski definition) is 2. The summed E-state index contributed by atoms with van der Waals surface area (Å²) in [5.41, 5.74) is 0.112. The van der Waals surface area contributed by atoms with E-state index in [9.17, 15) is 8.42 Å². The molecule has 0 spiro atoms. The summed E-state index contributed by atoms with van der Waals surface area (Å²) in [6.45, 7) is 8.54. The molecule has 6 heteroatoms. The number of nitrogens with zero attached hydrogens (tertiary/aromatic N) is 1. The average molecular weight is 291 g/mol. The van der Waals surface area contributed by atoms with E-state index in [0.29, 0.717) is 13.0 Å². The molecule has 0 aliphatic carbocycles. The Balaban J connectivity index is 2.30. The van der Waals surface area contributed by atoms with Gasteiger partial charge in [-0.1, -0.05) is 13.8 Å². The van der Waals surface area contributed by atoms with Crippen LogP contribution in [0.1, 0.15) is 33.1 Å². The summed E-state index contributed by atoms with van der Waals surface area (Å²) in [5, 5.41) is 3.14. The molecule has 0 unspecified atom stereocenters. The monoisotopic (exact) mass is 291 g/mol. The second-order valence-corrected chi connectivity index (χ2v) is 7.89. The van der Waals surface area contributed by atoms with Crippen molar-refractivity contribution < 1.29 is 8.42 Å². The molecule has 2 N–H and O–H groups in total. The molecule has 5 nitrogen and oxygen atoms in total. The molecule has 0 amide bonds. The number of likely N-dealkylation sites (tertiary alicyclic amines) is 1. The van der Waals surface area contributed by atoms with Gasteiger partial charge in [0, 0.05) is 6.54 Å². The highest BCUT2D eigenvalue weighted by atomic mass is 32.2. The van der Waals surface area contributed by atoms with Crippen LogP contribution in [0, 0.1) is 5.41 Å². The molecule has 0 aromatic heterocycles. The van der Waals surface area contributed by atoms with Crippen molar-refractivity contribution in [1.82, 2.24) is 14.9 Å². The Kier molecular flexibility index (Phi) is 6.73. The Hall–Kier alpha value is -0.170. The van der Waals surface area contributed by atoms with E-state index in [0.717, 1.165) is 39.0 Å². The van der Waals surface area contributed by atoms with Crippen LogP contribution in [0.2, 0.25) is 0 Å². The van der Waals surface area contributed by atoms with Gasteiger partial charge in [-0.2, -0.15) is 0 Å². The molecular weight excluding hydrogens is 262 g/mol. The maximum absolute atomic E-state index is 11.9. The zero-order chi connectivity index (χ0) is 14.4. The fourth-order valence-corrected chi connectivity index (χ4v) is 3.49. The average Bonchev–Trinajstić information content (AvgIpc) is 2.37. The summed E-state index contributed by atoms with van der Waals surface area (Å²) in [6.07, 6.45) is 2.79. The van der Waals surface area contributed by atoms with Crippen LogP contribution in [0.5, 0.6) is 0 Å². The second-order valence-electron chi connectivity index (χ2n) is 5.96. The quantitative estimate of drug-likeness (QED) is 0.644. The topological polar surface area (TPSA) is 61.4 Å². The lowest BCUT2D eigenvalue weighted by Gasteiger charge is -2.37. The van der Waals surface area contributed by atoms with Gasteiger partial charge in [0.1, 0.15) is 0 Å². The van der Waals surface area contributed by atoms with Gasteiger partial charge in [0.2, 0.25) is 10.0 Å². The van der Waals surface area contributed by atoms with Crippen molar-refractivity contribution in [1.29, 1.82) is 0 Å². The Labute approximate surface area is 118 Å². The Morgan fingerprint density at radius 1 is 1.26 bits per heavy atom. The van der Waals surface area contributed by atoms with Crippen molar-refractivity contribution in [2.75, 3.05) is 45.5 Å². The molecule has 0 aromatic carbocycles. The zero-order valence-electron chi connectivity index (χ0n) is 12.5. The lowest BCUT2D eigenvalue weighted by molar-refractivity contribution is 0.143. The zero-order valence-corrected chi connectivity index (χ0v) is 13.4. The first kappa shape index (κ1) is 16.9. The summed E-state index contributed by atoms with van der Waals surface area (Å²) in [4.78, 5) is 2.30. The first-order chi connectivity index (χ1) is 8.87. The fourth-order valence-electron chi connectivity index (χ4n) is 2.26. The number of piperidine rings is 1. The molecule has 1 fully saturated rings. The molecule has 1 saturated heterocycles. The molecular formula is C13H29N3O2S. The van der Waals surface area contributed by atoms with E-state index in [1.807, 2.05) is 6.92 Å². The smallest absolute Gasteiger partial charge is 0.211 e. The van der Waals surface area contributed by atoms with E-state index >= 15 is 0 Å². The van der Waals surface area contributed by atoms with Gasteiger partial charge >= 0.3 is 0 Å². The van der Waals surface area contributed by atoms with Crippen LogP contribution < -0.4 is 10.0 Å². The molecule has 0 atom stereocenters. The first-order valence-corrected chi connectivity index (χ1v) is 8.89. The largest absolute Gasteiger partial charge is 0.317 e. The van der Waals surface area contributed by atoms with E-state index < -0.39 is 10.0 Å². The van der Waals surface area contributed by atoms with Crippen molar-refractivity contribution in [3.05, 3.63) is 0 Å². The van der Waals surface area contributed by atoms with Gasteiger partial charge in [-0.25, -0.2) is 13.1 Å². The van der Waals surface area contributed by atoms with Crippen LogP contribution in [0.15, 0.2) is 0 Å². The van der Waals surface area contributed by atoms with Crippen molar-refractivity contribution in [3.8, 4) is 0 Å². The second kappa shape index (κ2) is 7.57. The number of hydrogen-bond acceptors (Lipinski definition) is 4. The Morgan fingerprint density at radius 3 is 2.47 bits per heavy atom. The standard InChI is InChI=1S/C13H29N3O2S/c1-4-14-8-5-11-19(17,18)15-12-13(2)6-9-16(3)10-7-13/h14-15H,4-12H2,1-3H3. The first-order valence-electron chi connectivity index (χ1n) is 7.23. The molecule has 19 heavy (non-hydrogen) atoms. The van der Waals surface area contributed by atoms with Crippen molar-refractivity contribution in [3.63, 3.8) is 0 Å². The minimum absolute atomic E-state index is 0.112. The number of nitrogens with one attached hydrogen (secondary N) is 2.